The first kappa shape index (κ1) is 35.9. The second-order valence-electron chi connectivity index (χ2n) is 12.3. The molecule has 5 aromatic carbocycles. The summed E-state index contributed by atoms with van der Waals surface area (Å²) in [4.78, 5) is 19.7. The van der Waals surface area contributed by atoms with Crippen molar-refractivity contribution in [1.29, 1.82) is 0 Å². The number of aliphatic hydroxyl groups excluding tert-OH is 1. The molecule has 10 heteroatoms. The van der Waals surface area contributed by atoms with Crippen LogP contribution in [0.25, 0.3) is 11.1 Å². The van der Waals surface area contributed by atoms with Gasteiger partial charge in [0.05, 0.1) is 17.3 Å². The van der Waals surface area contributed by atoms with Gasteiger partial charge in [0, 0.05) is 36.6 Å². The molecule has 1 heterocycles. The minimum Gasteiger partial charge on any atom is -0.494 e. The van der Waals surface area contributed by atoms with Gasteiger partial charge in [0.2, 0.25) is 5.90 Å². The summed E-state index contributed by atoms with van der Waals surface area (Å²) in [6.07, 6.45) is -0.110. The maximum absolute atomic E-state index is 14.6. The second-order valence-corrected chi connectivity index (χ2v) is 14.8. The summed E-state index contributed by atoms with van der Waals surface area (Å²) >= 11 is 6.40. The Morgan fingerprint density at radius 2 is 1.45 bits per heavy atom. The smallest absolute Gasteiger partial charge is 0.252 e. The molecule has 0 aliphatic carbocycles. The highest BCUT2D eigenvalue weighted by Gasteiger charge is 2.53. The van der Waals surface area contributed by atoms with Crippen LogP contribution >= 0.6 is 11.6 Å². The van der Waals surface area contributed by atoms with E-state index in [4.69, 9.17) is 31.2 Å². The zero-order chi connectivity index (χ0) is 35.7. The van der Waals surface area contributed by atoms with Crippen LogP contribution in [0.15, 0.2) is 143 Å². The molecular weight excluding hydrogens is 684 g/mol. The lowest BCUT2D eigenvalue weighted by Crippen LogP contribution is -2.49. The van der Waals surface area contributed by atoms with Gasteiger partial charge in [0.15, 0.2) is 21.5 Å². The molecule has 0 spiro atoms. The Kier molecular flexibility index (Phi) is 11.5. The Balaban J connectivity index is 1.38. The number of benzene rings is 5. The average molecular weight is 723 g/mol. The van der Waals surface area contributed by atoms with E-state index < -0.39 is 27.4 Å². The van der Waals surface area contributed by atoms with Gasteiger partial charge in [-0.1, -0.05) is 103 Å². The van der Waals surface area contributed by atoms with Crippen molar-refractivity contribution >= 4 is 33.2 Å². The lowest BCUT2D eigenvalue weighted by molar-refractivity contribution is -0.129. The molecule has 5 aromatic rings. The van der Waals surface area contributed by atoms with Crippen molar-refractivity contribution in [2.24, 2.45) is 4.99 Å². The van der Waals surface area contributed by atoms with Crippen molar-refractivity contribution in [2.45, 2.75) is 35.8 Å². The van der Waals surface area contributed by atoms with Gasteiger partial charge in [-0.25, -0.2) is 13.4 Å². The summed E-state index contributed by atoms with van der Waals surface area (Å²) in [6.45, 7) is 0.640. The zero-order valence-electron chi connectivity index (χ0n) is 28.0. The van der Waals surface area contributed by atoms with Crippen LogP contribution < -0.4 is 10.1 Å². The standard InChI is InChI=1S/C41H39ClN2O6S/c42-37-15-8-7-12-32(37)24-26-43-40(46)41(25-29-51(47,48)36-13-5-2-6-14-36)38(33-18-16-31(17-19-33)30-10-3-1-4-11-30)50-39(44-41)34-20-22-35(23-21-34)49-28-9-27-45/h1-8,10-23,38,45H,9,24-29H2,(H,43,46)/t38-,41-/m1/s1. The molecule has 1 aliphatic heterocycles. The van der Waals surface area contributed by atoms with E-state index in [9.17, 15) is 13.2 Å². The van der Waals surface area contributed by atoms with Crippen molar-refractivity contribution in [3.8, 4) is 16.9 Å². The summed E-state index contributed by atoms with van der Waals surface area (Å²) in [5.41, 5.74) is 2.54. The molecule has 0 radical (unpaired) electrons. The number of carbonyl (C=O) groups is 1. The first-order chi connectivity index (χ1) is 24.8. The monoisotopic (exact) mass is 722 g/mol. The molecule has 0 aromatic heterocycles. The van der Waals surface area contributed by atoms with E-state index in [0.717, 1.165) is 16.7 Å². The van der Waals surface area contributed by atoms with Crippen LogP contribution in [0.5, 0.6) is 5.75 Å². The van der Waals surface area contributed by atoms with Crippen LogP contribution in [0.4, 0.5) is 0 Å². The third-order valence-corrected chi connectivity index (χ3v) is 10.9. The number of rotatable bonds is 15. The Hall–Kier alpha value is -4.96. The SMILES string of the molecule is O=C(NCCc1ccccc1Cl)[C@]1(CCS(=O)(=O)c2ccccc2)N=C(c2ccc(OCCCO)cc2)O[C@@H]1c1ccc(-c2ccccc2)cc1. The van der Waals surface area contributed by atoms with E-state index >= 15 is 0 Å². The summed E-state index contributed by atoms with van der Waals surface area (Å²) in [5.74, 6) is 0.0309. The average Bonchev–Trinajstić information content (AvgIpc) is 3.57. The molecule has 6 rings (SSSR count). The number of hydrogen-bond acceptors (Lipinski definition) is 7. The number of hydrogen-bond donors (Lipinski definition) is 2. The van der Waals surface area contributed by atoms with E-state index in [1.807, 2.05) is 72.8 Å². The Morgan fingerprint density at radius 1 is 0.824 bits per heavy atom. The molecule has 51 heavy (non-hydrogen) atoms. The quantitative estimate of drug-likeness (QED) is 0.110. The van der Waals surface area contributed by atoms with Gasteiger partial charge in [0.25, 0.3) is 5.91 Å². The predicted octanol–water partition coefficient (Wildman–Crippen LogP) is 7.25. The van der Waals surface area contributed by atoms with Gasteiger partial charge in [0.1, 0.15) is 5.75 Å². The molecule has 0 saturated carbocycles. The fourth-order valence-electron chi connectivity index (χ4n) is 6.05. The number of aliphatic hydroxyl groups is 1. The summed E-state index contributed by atoms with van der Waals surface area (Å²) in [6, 6.07) is 40.4. The molecule has 262 valence electrons. The molecule has 0 saturated heterocycles. The molecule has 2 atom stereocenters. The number of aliphatic imine (C=N–C) groups is 1. The van der Waals surface area contributed by atoms with E-state index in [0.29, 0.717) is 41.3 Å². The van der Waals surface area contributed by atoms with Crippen LogP contribution in [0.2, 0.25) is 5.02 Å². The summed E-state index contributed by atoms with van der Waals surface area (Å²) < 4.78 is 39.6. The third-order valence-electron chi connectivity index (χ3n) is 8.84. The van der Waals surface area contributed by atoms with E-state index in [2.05, 4.69) is 5.32 Å². The minimum absolute atomic E-state index is 0.0268. The molecule has 8 nitrogen and oxygen atoms in total. The maximum atomic E-state index is 14.6. The van der Waals surface area contributed by atoms with Crippen molar-refractivity contribution in [1.82, 2.24) is 5.32 Å². The van der Waals surface area contributed by atoms with Gasteiger partial charge in [-0.2, -0.15) is 0 Å². The maximum Gasteiger partial charge on any atom is 0.252 e. The number of carbonyl (C=O) groups excluding carboxylic acids is 1. The first-order valence-corrected chi connectivity index (χ1v) is 18.9. The van der Waals surface area contributed by atoms with Crippen molar-refractivity contribution < 1.29 is 27.8 Å². The molecular formula is C41H39ClN2O6S. The first-order valence-electron chi connectivity index (χ1n) is 16.8. The number of ether oxygens (including phenoxy) is 2. The van der Waals surface area contributed by atoms with Crippen molar-refractivity contribution in [3.05, 3.63) is 155 Å². The largest absolute Gasteiger partial charge is 0.494 e. The van der Waals surface area contributed by atoms with Crippen LogP contribution in [0.1, 0.15) is 35.6 Å². The highest BCUT2D eigenvalue weighted by atomic mass is 35.5. The number of amides is 1. The van der Waals surface area contributed by atoms with Gasteiger partial charge in [-0.15, -0.1) is 0 Å². The van der Waals surface area contributed by atoms with Gasteiger partial charge < -0.3 is 19.9 Å². The Morgan fingerprint density at radius 3 is 2.14 bits per heavy atom. The molecule has 0 fully saturated rings. The van der Waals surface area contributed by atoms with Crippen LogP contribution in [-0.4, -0.2) is 56.4 Å². The fourth-order valence-corrected chi connectivity index (χ4v) is 7.67. The summed E-state index contributed by atoms with van der Waals surface area (Å²) in [5, 5.41) is 12.8. The molecule has 1 amide bonds. The zero-order valence-corrected chi connectivity index (χ0v) is 29.5. The van der Waals surface area contributed by atoms with Gasteiger partial charge in [-0.05, 0) is 71.1 Å². The number of sulfone groups is 1. The second kappa shape index (κ2) is 16.4. The Labute approximate surface area is 303 Å². The minimum atomic E-state index is -3.79. The van der Waals surface area contributed by atoms with Gasteiger partial charge >= 0.3 is 0 Å². The third kappa shape index (κ3) is 8.51. The number of nitrogens with one attached hydrogen (secondary N) is 1. The van der Waals surface area contributed by atoms with E-state index in [-0.39, 0.29) is 36.1 Å². The van der Waals surface area contributed by atoms with Gasteiger partial charge in [-0.3, -0.25) is 4.79 Å². The van der Waals surface area contributed by atoms with E-state index in [1.165, 1.54) is 0 Å². The predicted molar refractivity (Wildman–Crippen MR) is 200 cm³/mol. The molecule has 0 unspecified atom stereocenters. The number of halogens is 1. The topological polar surface area (TPSA) is 114 Å². The molecule has 2 N–H and O–H groups in total. The normalized spacial score (nSPS) is 17.0. The van der Waals surface area contributed by atoms with Crippen molar-refractivity contribution in [3.63, 3.8) is 0 Å². The van der Waals surface area contributed by atoms with Crippen LogP contribution in [-0.2, 0) is 25.8 Å². The fraction of sp³-hybridized carbons (Fsp3) is 0.220. The van der Waals surface area contributed by atoms with E-state index in [1.54, 1.807) is 60.7 Å². The van der Waals surface area contributed by atoms with Crippen molar-refractivity contribution in [2.75, 3.05) is 25.5 Å². The number of nitrogens with zero attached hydrogens (tertiary/aromatic N) is 1. The lowest BCUT2D eigenvalue weighted by Gasteiger charge is -2.31. The highest BCUT2D eigenvalue weighted by Crippen LogP contribution is 2.43. The highest BCUT2D eigenvalue weighted by molar-refractivity contribution is 7.91. The Bertz CT molecular complexity index is 2060. The van der Waals surface area contributed by atoms with Crippen LogP contribution in [0, 0.1) is 0 Å². The van der Waals surface area contributed by atoms with Crippen LogP contribution in [0.3, 0.4) is 0 Å². The molecule has 0 bridgehead atoms. The summed E-state index contributed by atoms with van der Waals surface area (Å²) in [7, 11) is -3.79. The molecule has 1 aliphatic rings. The lowest BCUT2D eigenvalue weighted by atomic mass is 9.84.